The summed E-state index contributed by atoms with van der Waals surface area (Å²) in [5.74, 6) is 0.876. The van der Waals surface area contributed by atoms with E-state index >= 15 is 0 Å². The van der Waals surface area contributed by atoms with Gasteiger partial charge < -0.3 is 10.1 Å². The lowest BCUT2D eigenvalue weighted by Gasteiger charge is -2.39. The van der Waals surface area contributed by atoms with E-state index < -0.39 is 0 Å². The molecule has 0 bridgehead atoms. The third-order valence-corrected chi connectivity index (χ3v) is 5.18. The molecule has 1 saturated heterocycles. The van der Waals surface area contributed by atoms with Crippen molar-refractivity contribution in [2.24, 2.45) is 0 Å². The lowest BCUT2D eigenvalue weighted by atomic mass is 9.98. The van der Waals surface area contributed by atoms with Crippen LogP contribution in [0.1, 0.15) is 32.8 Å². The Morgan fingerprint density at radius 1 is 1.15 bits per heavy atom. The van der Waals surface area contributed by atoms with Crippen molar-refractivity contribution >= 4 is 23.0 Å². The van der Waals surface area contributed by atoms with E-state index in [2.05, 4.69) is 48.2 Å². The van der Waals surface area contributed by atoms with Crippen molar-refractivity contribution in [3.63, 3.8) is 0 Å². The Balaban J connectivity index is 1.80. The fraction of sp³-hybridized carbons (Fsp3) is 0.381. The van der Waals surface area contributed by atoms with Crippen molar-refractivity contribution in [3.8, 4) is 5.75 Å². The fourth-order valence-electron chi connectivity index (χ4n) is 3.65. The van der Waals surface area contributed by atoms with Gasteiger partial charge in [-0.25, -0.2) is 5.01 Å². The van der Waals surface area contributed by atoms with Crippen molar-refractivity contribution < 1.29 is 4.74 Å². The molecule has 0 saturated carbocycles. The maximum Gasteiger partial charge on any atom is 0.188 e. The third-order valence-electron chi connectivity index (χ3n) is 4.90. The lowest BCUT2D eigenvalue weighted by Crippen LogP contribution is -2.51. The Hall–Kier alpha value is -2.11. The molecule has 0 spiro atoms. The minimum absolute atomic E-state index is 0.0295. The first-order chi connectivity index (χ1) is 12.4. The van der Waals surface area contributed by atoms with Gasteiger partial charge >= 0.3 is 0 Å². The molecular weight excluding hydrogens is 342 g/mol. The van der Waals surface area contributed by atoms with Gasteiger partial charge in [0, 0.05) is 23.8 Å². The predicted octanol–water partition coefficient (Wildman–Crippen LogP) is 4.68. The molecular formula is C21H27N3OS. The summed E-state index contributed by atoms with van der Waals surface area (Å²) in [5, 5.41) is 8.72. The number of ether oxygens (including phenoxy) is 1. The first-order valence-electron chi connectivity index (χ1n) is 8.96. The van der Waals surface area contributed by atoms with Gasteiger partial charge in [-0.2, -0.15) is 0 Å². The maximum absolute atomic E-state index is 5.76. The van der Waals surface area contributed by atoms with Gasteiger partial charge in [0.15, 0.2) is 5.11 Å². The van der Waals surface area contributed by atoms with Gasteiger partial charge in [0.05, 0.1) is 7.11 Å². The minimum atomic E-state index is 0.0295. The number of hydrogen-bond acceptors (Lipinski definition) is 3. The van der Waals surface area contributed by atoms with Crippen LogP contribution in [0.2, 0.25) is 0 Å². The van der Waals surface area contributed by atoms with Gasteiger partial charge in [0.2, 0.25) is 0 Å². The highest BCUT2D eigenvalue weighted by atomic mass is 32.1. The number of para-hydroxylation sites is 1. The standard InChI is InChI=1S/C21H27N3OS/c1-16-14-21(2,3)23(15-17-10-12-19(25-4)13-11-17)24(16)20(26)22-18-8-6-5-7-9-18/h5-13,16H,14-15H2,1-4H3,(H,22,26)/t16-/m1/s1. The molecule has 2 aromatic rings. The SMILES string of the molecule is COc1ccc(CN2N(C(=S)Nc3ccccc3)[C@H](C)CC2(C)C)cc1. The maximum atomic E-state index is 5.76. The molecule has 0 aromatic heterocycles. The highest BCUT2D eigenvalue weighted by Gasteiger charge is 2.43. The number of rotatable bonds is 4. The van der Waals surface area contributed by atoms with Crippen LogP contribution in [0.3, 0.4) is 0 Å². The van der Waals surface area contributed by atoms with Crippen molar-refractivity contribution in [2.75, 3.05) is 12.4 Å². The molecule has 1 atom stereocenters. The number of hydrogen-bond donors (Lipinski definition) is 1. The van der Waals surface area contributed by atoms with Gasteiger partial charge in [0.1, 0.15) is 5.75 Å². The number of nitrogens with one attached hydrogen (secondary N) is 1. The van der Waals surface area contributed by atoms with Crippen molar-refractivity contribution in [2.45, 2.75) is 45.3 Å². The molecule has 2 aromatic carbocycles. The van der Waals surface area contributed by atoms with Gasteiger partial charge in [-0.1, -0.05) is 30.3 Å². The summed E-state index contributed by atoms with van der Waals surface area (Å²) in [6.07, 6.45) is 1.06. The summed E-state index contributed by atoms with van der Waals surface area (Å²) in [6, 6.07) is 18.7. The molecule has 1 aliphatic rings. The van der Waals surface area contributed by atoms with Gasteiger partial charge in [-0.05, 0) is 69.2 Å². The number of nitrogens with zero attached hydrogens (tertiary/aromatic N) is 2. The number of hydrazine groups is 1. The van der Waals surface area contributed by atoms with E-state index in [0.717, 1.165) is 29.5 Å². The Kier molecular flexibility index (Phi) is 5.49. The average molecular weight is 370 g/mol. The van der Waals surface area contributed by atoms with E-state index in [0.29, 0.717) is 6.04 Å². The average Bonchev–Trinajstić information content (AvgIpc) is 2.84. The largest absolute Gasteiger partial charge is 0.497 e. The van der Waals surface area contributed by atoms with E-state index in [1.54, 1.807) is 7.11 Å². The van der Waals surface area contributed by atoms with Crippen LogP contribution in [-0.4, -0.2) is 33.8 Å². The number of methoxy groups -OCH3 is 1. The predicted molar refractivity (Wildman–Crippen MR) is 111 cm³/mol. The molecule has 0 amide bonds. The fourth-order valence-corrected chi connectivity index (χ4v) is 4.05. The van der Waals surface area contributed by atoms with Gasteiger partial charge in [-0.15, -0.1) is 0 Å². The molecule has 0 radical (unpaired) electrons. The van der Waals surface area contributed by atoms with E-state index in [1.165, 1.54) is 5.56 Å². The van der Waals surface area contributed by atoms with E-state index in [-0.39, 0.29) is 5.54 Å². The van der Waals surface area contributed by atoms with Crippen LogP contribution in [0.4, 0.5) is 5.69 Å². The summed E-state index contributed by atoms with van der Waals surface area (Å²) < 4.78 is 5.27. The zero-order chi connectivity index (χ0) is 18.7. The van der Waals surface area contributed by atoms with Gasteiger partial charge in [-0.3, -0.25) is 5.01 Å². The number of thiocarbonyl (C=S) groups is 1. The highest BCUT2D eigenvalue weighted by molar-refractivity contribution is 7.80. The van der Waals surface area contributed by atoms with Crippen LogP contribution >= 0.6 is 12.2 Å². The molecule has 3 rings (SSSR count). The third kappa shape index (κ3) is 4.00. The van der Waals surface area contributed by atoms with E-state index in [1.807, 2.05) is 42.5 Å². The molecule has 1 fully saturated rings. The smallest absolute Gasteiger partial charge is 0.188 e. The van der Waals surface area contributed by atoms with Crippen molar-refractivity contribution in [1.82, 2.24) is 10.0 Å². The second kappa shape index (κ2) is 7.64. The summed E-state index contributed by atoms with van der Waals surface area (Å²) in [4.78, 5) is 0. The summed E-state index contributed by atoms with van der Waals surface area (Å²) in [7, 11) is 1.69. The number of anilines is 1. The van der Waals surface area contributed by atoms with Crippen LogP contribution in [0, 0.1) is 0 Å². The molecule has 1 N–H and O–H groups in total. The molecule has 4 nitrogen and oxygen atoms in total. The Morgan fingerprint density at radius 3 is 2.42 bits per heavy atom. The lowest BCUT2D eigenvalue weighted by molar-refractivity contribution is 0.00202. The van der Waals surface area contributed by atoms with E-state index in [9.17, 15) is 0 Å². The molecule has 1 aliphatic heterocycles. The summed E-state index contributed by atoms with van der Waals surface area (Å²) >= 11 is 5.76. The first kappa shape index (κ1) is 18.7. The minimum Gasteiger partial charge on any atom is -0.497 e. The van der Waals surface area contributed by atoms with Crippen LogP contribution in [0.15, 0.2) is 54.6 Å². The normalized spacial score (nSPS) is 19.4. The molecule has 1 heterocycles. The zero-order valence-corrected chi connectivity index (χ0v) is 16.7. The Morgan fingerprint density at radius 2 is 1.81 bits per heavy atom. The first-order valence-corrected chi connectivity index (χ1v) is 9.37. The van der Waals surface area contributed by atoms with E-state index in [4.69, 9.17) is 17.0 Å². The van der Waals surface area contributed by atoms with Crippen LogP contribution in [0.25, 0.3) is 0 Å². The Labute approximate surface area is 161 Å². The monoisotopic (exact) mass is 369 g/mol. The molecule has 5 heteroatoms. The van der Waals surface area contributed by atoms with Crippen molar-refractivity contribution in [3.05, 3.63) is 60.2 Å². The molecule has 0 unspecified atom stereocenters. The molecule has 0 aliphatic carbocycles. The molecule has 26 heavy (non-hydrogen) atoms. The second-order valence-electron chi connectivity index (χ2n) is 7.41. The molecule has 138 valence electrons. The number of benzene rings is 2. The zero-order valence-electron chi connectivity index (χ0n) is 15.9. The quantitative estimate of drug-likeness (QED) is 0.790. The highest BCUT2D eigenvalue weighted by Crippen LogP contribution is 2.35. The second-order valence-corrected chi connectivity index (χ2v) is 7.80. The van der Waals surface area contributed by atoms with Crippen molar-refractivity contribution in [1.29, 1.82) is 0 Å². The van der Waals surface area contributed by atoms with Crippen LogP contribution in [0.5, 0.6) is 5.75 Å². The van der Waals surface area contributed by atoms with Crippen LogP contribution in [-0.2, 0) is 6.54 Å². The summed E-state index contributed by atoms with van der Waals surface area (Å²) in [5.41, 5.74) is 2.28. The van der Waals surface area contributed by atoms with Gasteiger partial charge in [0.25, 0.3) is 0 Å². The van der Waals surface area contributed by atoms with Crippen LogP contribution < -0.4 is 10.1 Å². The topological polar surface area (TPSA) is 27.7 Å². The summed E-state index contributed by atoms with van der Waals surface area (Å²) in [6.45, 7) is 7.59. The Bertz CT molecular complexity index is 746.